The topological polar surface area (TPSA) is 92.8 Å². The maximum Gasteiger partial charge on any atom is 0.349 e. The monoisotopic (exact) mass is 476 g/mol. The number of hydrogen-bond acceptors (Lipinski definition) is 6. The Morgan fingerprint density at radius 3 is 2.47 bits per heavy atom. The van der Waals surface area contributed by atoms with Crippen molar-refractivity contribution in [1.29, 1.82) is 0 Å². The van der Waals surface area contributed by atoms with Crippen molar-refractivity contribution in [2.75, 3.05) is 23.3 Å². The molecule has 0 fully saturated rings. The van der Waals surface area contributed by atoms with E-state index in [2.05, 4.69) is 5.32 Å². The van der Waals surface area contributed by atoms with Crippen molar-refractivity contribution < 1.29 is 27.1 Å². The summed E-state index contributed by atoms with van der Waals surface area (Å²) in [5.41, 5.74) is 1.92. The first-order valence-corrected chi connectivity index (χ1v) is 11.8. The van der Waals surface area contributed by atoms with Crippen molar-refractivity contribution in [1.82, 2.24) is 0 Å². The number of nitrogens with zero attached hydrogens (tertiary/aromatic N) is 1. The molecule has 0 unspecified atom stereocenters. The number of esters is 1. The first-order valence-electron chi connectivity index (χ1n) is 9.45. The lowest BCUT2D eigenvalue weighted by atomic mass is 10.1. The fourth-order valence-corrected chi connectivity index (χ4v) is 5.66. The molecule has 0 aliphatic rings. The number of thiophene rings is 1. The molecule has 3 rings (SSSR count). The minimum Gasteiger partial charge on any atom is -0.465 e. The van der Waals surface area contributed by atoms with Gasteiger partial charge in [0.05, 0.1) is 18.5 Å². The summed E-state index contributed by atoms with van der Waals surface area (Å²) >= 11 is 0.920. The van der Waals surface area contributed by atoms with Crippen molar-refractivity contribution in [3.63, 3.8) is 0 Å². The molecule has 1 amide bonds. The fourth-order valence-electron chi connectivity index (χ4n) is 2.94. The van der Waals surface area contributed by atoms with Gasteiger partial charge in [0.25, 0.3) is 10.0 Å². The van der Waals surface area contributed by atoms with Crippen molar-refractivity contribution in [3.05, 3.63) is 75.7 Å². The quantitative estimate of drug-likeness (QED) is 0.518. The summed E-state index contributed by atoms with van der Waals surface area (Å²) in [7, 11) is -3.18. The molecule has 0 aliphatic heterocycles. The van der Waals surface area contributed by atoms with E-state index in [9.17, 15) is 22.4 Å². The van der Waals surface area contributed by atoms with Gasteiger partial charge in [-0.15, -0.1) is 11.3 Å². The van der Waals surface area contributed by atoms with E-state index in [0.29, 0.717) is 0 Å². The average molecular weight is 477 g/mol. The van der Waals surface area contributed by atoms with Gasteiger partial charge >= 0.3 is 5.97 Å². The van der Waals surface area contributed by atoms with Gasteiger partial charge in [0.15, 0.2) is 0 Å². The number of halogens is 1. The number of sulfonamides is 1. The van der Waals surface area contributed by atoms with Crippen LogP contribution in [0.25, 0.3) is 0 Å². The van der Waals surface area contributed by atoms with Crippen LogP contribution in [-0.4, -0.2) is 33.9 Å². The zero-order valence-electron chi connectivity index (χ0n) is 17.6. The molecule has 0 radical (unpaired) electrons. The van der Waals surface area contributed by atoms with Crippen LogP contribution in [0.3, 0.4) is 0 Å². The largest absolute Gasteiger partial charge is 0.465 e. The number of methoxy groups -OCH3 is 1. The number of aryl methyl sites for hydroxylation is 2. The molecule has 0 saturated heterocycles. The Morgan fingerprint density at radius 2 is 1.81 bits per heavy atom. The first kappa shape index (κ1) is 23.4. The Labute approximate surface area is 189 Å². The van der Waals surface area contributed by atoms with Crippen molar-refractivity contribution >= 4 is 44.6 Å². The molecule has 168 valence electrons. The maximum atomic E-state index is 13.9. The van der Waals surface area contributed by atoms with Crippen LogP contribution >= 0.6 is 11.3 Å². The molecule has 1 aromatic heterocycles. The van der Waals surface area contributed by atoms with E-state index in [0.717, 1.165) is 33.9 Å². The first-order chi connectivity index (χ1) is 15.1. The Balaban J connectivity index is 2.04. The van der Waals surface area contributed by atoms with Gasteiger partial charge in [0.1, 0.15) is 22.1 Å². The van der Waals surface area contributed by atoms with Crippen LogP contribution in [0, 0.1) is 19.7 Å². The van der Waals surface area contributed by atoms with Crippen LogP contribution in [0.4, 0.5) is 15.8 Å². The highest BCUT2D eigenvalue weighted by Crippen LogP contribution is 2.30. The molecule has 2 aromatic carbocycles. The molecule has 1 N–H and O–H groups in total. The predicted octanol–water partition coefficient (Wildman–Crippen LogP) is 4.12. The SMILES string of the molecule is COC(=O)c1sccc1S(=O)(=O)N(CC(=O)Nc1ccccc1F)c1ccc(C)c(C)c1. The lowest BCUT2D eigenvalue weighted by Crippen LogP contribution is -2.38. The summed E-state index contributed by atoms with van der Waals surface area (Å²) in [6.07, 6.45) is 0. The maximum absolute atomic E-state index is 13.9. The predicted molar refractivity (Wildman–Crippen MR) is 121 cm³/mol. The number of anilines is 2. The molecule has 0 atom stereocenters. The highest BCUT2D eigenvalue weighted by atomic mass is 32.2. The second-order valence-electron chi connectivity index (χ2n) is 6.91. The molecular weight excluding hydrogens is 455 g/mol. The molecule has 32 heavy (non-hydrogen) atoms. The van der Waals surface area contributed by atoms with E-state index in [1.54, 1.807) is 24.3 Å². The third-order valence-corrected chi connectivity index (χ3v) is 7.62. The van der Waals surface area contributed by atoms with Gasteiger partial charge in [0.2, 0.25) is 5.91 Å². The average Bonchev–Trinajstić information content (AvgIpc) is 3.26. The smallest absolute Gasteiger partial charge is 0.349 e. The van der Waals surface area contributed by atoms with E-state index < -0.39 is 34.3 Å². The fraction of sp³-hybridized carbons (Fsp3) is 0.182. The normalized spacial score (nSPS) is 11.1. The molecular formula is C22H21FN2O5S2. The van der Waals surface area contributed by atoms with Gasteiger partial charge in [-0.3, -0.25) is 9.10 Å². The Bertz CT molecular complexity index is 1270. The number of nitrogens with one attached hydrogen (secondary N) is 1. The number of benzene rings is 2. The van der Waals surface area contributed by atoms with Crippen molar-refractivity contribution in [2.24, 2.45) is 0 Å². The number of rotatable bonds is 7. The minimum absolute atomic E-state index is 0.0688. The van der Waals surface area contributed by atoms with Crippen LogP contribution in [0.2, 0.25) is 0 Å². The van der Waals surface area contributed by atoms with Crippen LogP contribution < -0.4 is 9.62 Å². The summed E-state index contributed by atoms with van der Waals surface area (Å²) < 4.78 is 46.6. The zero-order valence-corrected chi connectivity index (χ0v) is 19.2. The number of carbonyl (C=O) groups is 2. The van der Waals surface area contributed by atoms with E-state index in [4.69, 9.17) is 4.74 Å². The minimum atomic E-state index is -4.34. The van der Waals surface area contributed by atoms with E-state index >= 15 is 0 Å². The second-order valence-corrected chi connectivity index (χ2v) is 9.66. The molecule has 1 heterocycles. The summed E-state index contributed by atoms with van der Waals surface area (Å²) in [6, 6.07) is 11.8. The van der Waals surface area contributed by atoms with Gasteiger partial charge in [-0.1, -0.05) is 18.2 Å². The number of ether oxygens (including phenoxy) is 1. The van der Waals surface area contributed by atoms with Gasteiger partial charge in [-0.2, -0.15) is 0 Å². The zero-order chi connectivity index (χ0) is 23.5. The summed E-state index contributed by atoms with van der Waals surface area (Å²) in [6.45, 7) is 3.06. The van der Waals surface area contributed by atoms with Crippen LogP contribution in [-0.2, 0) is 19.6 Å². The molecule has 0 aliphatic carbocycles. The van der Waals surface area contributed by atoms with Crippen molar-refractivity contribution in [2.45, 2.75) is 18.7 Å². The Hall–Kier alpha value is -3.24. The van der Waals surface area contributed by atoms with E-state index in [1.807, 2.05) is 13.8 Å². The third kappa shape index (κ3) is 4.81. The molecule has 0 bridgehead atoms. The lowest BCUT2D eigenvalue weighted by Gasteiger charge is -2.25. The van der Waals surface area contributed by atoms with Crippen LogP contribution in [0.5, 0.6) is 0 Å². The highest BCUT2D eigenvalue weighted by molar-refractivity contribution is 7.93. The molecule has 3 aromatic rings. The van der Waals surface area contributed by atoms with Gasteiger partial charge in [0, 0.05) is 0 Å². The lowest BCUT2D eigenvalue weighted by molar-refractivity contribution is -0.114. The van der Waals surface area contributed by atoms with E-state index in [-0.39, 0.29) is 21.1 Å². The molecule has 0 saturated carbocycles. The molecule has 7 nitrogen and oxygen atoms in total. The summed E-state index contributed by atoms with van der Waals surface area (Å²) in [4.78, 5) is 24.4. The molecule has 10 heteroatoms. The van der Waals surface area contributed by atoms with Crippen LogP contribution in [0.15, 0.2) is 58.8 Å². The highest BCUT2D eigenvalue weighted by Gasteiger charge is 2.32. The number of carbonyl (C=O) groups excluding carboxylic acids is 2. The third-order valence-electron chi connectivity index (χ3n) is 4.78. The summed E-state index contributed by atoms with van der Waals surface area (Å²) in [5.74, 6) is -2.19. The molecule has 0 spiro atoms. The van der Waals surface area contributed by atoms with Gasteiger partial charge in [-0.25, -0.2) is 17.6 Å². The number of hydrogen-bond donors (Lipinski definition) is 1. The second kappa shape index (κ2) is 9.49. The summed E-state index contributed by atoms with van der Waals surface area (Å²) in [5, 5.41) is 3.85. The van der Waals surface area contributed by atoms with Crippen LogP contribution in [0.1, 0.15) is 20.8 Å². The van der Waals surface area contributed by atoms with Gasteiger partial charge in [-0.05, 0) is 60.7 Å². The van der Waals surface area contributed by atoms with Crippen molar-refractivity contribution in [3.8, 4) is 0 Å². The Morgan fingerprint density at radius 1 is 1.09 bits per heavy atom. The van der Waals surface area contributed by atoms with Gasteiger partial charge < -0.3 is 10.1 Å². The van der Waals surface area contributed by atoms with E-state index in [1.165, 1.54) is 29.6 Å². The Kier molecular flexibility index (Phi) is 6.95. The number of para-hydroxylation sites is 1. The standard InChI is InChI=1S/C22H21FN2O5S2/c1-14-8-9-16(12-15(14)2)25(13-20(26)24-18-7-5-4-6-17(18)23)32(28,29)19-10-11-31-21(19)22(27)30-3/h4-12H,13H2,1-3H3,(H,24,26). The number of amides is 1.